The molecule has 0 unspecified atom stereocenters. The van der Waals surface area contributed by atoms with Gasteiger partial charge in [-0.3, -0.25) is 4.79 Å². The highest BCUT2D eigenvalue weighted by molar-refractivity contribution is 6.30. The molecule has 0 saturated carbocycles. The van der Waals surface area contributed by atoms with Crippen LogP contribution in [0.3, 0.4) is 0 Å². The summed E-state index contributed by atoms with van der Waals surface area (Å²) in [6.07, 6.45) is 0.354. The number of carbonyl (C=O) groups excluding carboxylic acids is 2. The third-order valence-corrected chi connectivity index (χ3v) is 3.21. The Morgan fingerprint density at radius 3 is 2.33 bits per heavy atom. The van der Waals surface area contributed by atoms with Crippen LogP contribution in [0.2, 0.25) is 5.02 Å². The zero-order valence-corrected chi connectivity index (χ0v) is 11.1. The number of halogens is 1. The van der Waals surface area contributed by atoms with Crippen LogP contribution in [0.1, 0.15) is 20.3 Å². The van der Waals surface area contributed by atoms with Gasteiger partial charge < -0.3 is 4.90 Å². The van der Waals surface area contributed by atoms with Crippen molar-refractivity contribution in [1.29, 1.82) is 0 Å². The molecule has 18 heavy (non-hydrogen) atoms. The van der Waals surface area contributed by atoms with E-state index < -0.39 is 0 Å². The molecule has 1 fully saturated rings. The molecule has 0 spiro atoms. The molecule has 0 radical (unpaired) electrons. The topological polar surface area (TPSA) is 40.6 Å². The number of hydrogen-bond donors (Lipinski definition) is 0. The summed E-state index contributed by atoms with van der Waals surface area (Å²) in [5, 5.41) is 0.580. The van der Waals surface area contributed by atoms with Crippen LogP contribution in [0.25, 0.3) is 0 Å². The lowest BCUT2D eigenvalue weighted by Crippen LogP contribution is -2.54. The van der Waals surface area contributed by atoms with Gasteiger partial charge in [0.2, 0.25) is 5.91 Å². The number of rotatable bonds is 2. The van der Waals surface area contributed by atoms with E-state index in [9.17, 15) is 9.59 Å². The first kappa shape index (κ1) is 12.9. The molecule has 5 heteroatoms. The van der Waals surface area contributed by atoms with E-state index in [0.717, 1.165) is 0 Å². The highest BCUT2D eigenvalue weighted by Gasteiger charge is 2.34. The Balaban J connectivity index is 2.31. The van der Waals surface area contributed by atoms with Gasteiger partial charge in [0.25, 0.3) is 0 Å². The standard InChI is InChI=1S/C13H15ClN2O2/c1-9(2)15-8-7-12(17)16(13(15)18)11-5-3-10(14)4-6-11/h3-6,9H,7-8H2,1-2H3. The SMILES string of the molecule is CC(C)N1CCC(=O)N(c2ccc(Cl)cc2)C1=O. The first-order valence-corrected chi connectivity index (χ1v) is 6.27. The van der Waals surface area contributed by atoms with Gasteiger partial charge in [-0.2, -0.15) is 0 Å². The van der Waals surface area contributed by atoms with Crippen molar-refractivity contribution in [2.45, 2.75) is 26.3 Å². The minimum absolute atomic E-state index is 0.0837. The second kappa shape index (κ2) is 4.98. The maximum Gasteiger partial charge on any atom is 0.331 e. The van der Waals surface area contributed by atoms with Crippen molar-refractivity contribution in [1.82, 2.24) is 4.90 Å². The Hall–Kier alpha value is -1.55. The Kier molecular flexibility index (Phi) is 3.57. The lowest BCUT2D eigenvalue weighted by atomic mass is 10.2. The van der Waals surface area contributed by atoms with Crippen LogP contribution in [0.15, 0.2) is 24.3 Å². The fourth-order valence-electron chi connectivity index (χ4n) is 1.98. The molecule has 0 aromatic heterocycles. The molecular formula is C13H15ClN2O2. The summed E-state index contributed by atoms with van der Waals surface area (Å²) in [6, 6.07) is 6.53. The molecule has 1 aromatic rings. The zero-order chi connectivity index (χ0) is 13.3. The molecule has 4 nitrogen and oxygen atoms in total. The molecule has 96 valence electrons. The van der Waals surface area contributed by atoms with Gasteiger partial charge in [-0.05, 0) is 38.1 Å². The van der Waals surface area contributed by atoms with Crippen LogP contribution >= 0.6 is 11.6 Å². The molecule has 0 aliphatic carbocycles. The number of carbonyl (C=O) groups is 2. The molecule has 1 heterocycles. The number of urea groups is 1. The first-order valence-electron chi connectivity index (χ1n) is 5.90. The van der Waals surface area contributed by atoms with Crippen molar-refractivity contribution in [2.24, 2.45) is 0 Å². The highest BCUT2D eigenvalue weighted by Crippen LogP contribution is 2.23. The van der Waals surface area contributed by atoms with E-state index in [0.29, 0.717) is 23.7 Å². The van der Waals surface area contributed by atoms with E-state index in [1.54, 1.807) is 29.2 Å². The van der Waals surface area contributed by atoms with E-state index in [2.05, 4.69) is 0 Å². The molecule has 1 aliphatic rings. The summed E-state index contributed by atoms with van der Waals surface area (Å²) >= 11 is 5.80. The summed E-state index contributed by atoms with van der Waals surface area (Å²) in [5.74, 6) is -0.167. The number of hydrogen-bond acceptors (Lipinski definition) is 2. The average Bonchev–Trinajstić information content (AvgIpc) is 2.31. The van der Waals surface area contributed by atoms with Crippen LogP contribution in [0, 0.1) is 0 Å². The molecule has 0 N–H and O–H groups in total. The molecule has 2 rings (SSSR count). The second-order valence-corrected chi connectivity index (χ2v) is 4.96. The van der Waals surface area contributed by atoms with Gasteiger partial charge in [0, 0.05) is 24.0 Å². The first-order chi connectivity index (χ1) is 8.50. The fourth-order valence-corrected chi connectivity index (χ4v) is 2.11. The maximum atomic E-state index is 12.3. The minimum Gasteiger partial charge on any atom is -0.321 e. The number of imide groups is 1. The second-order valence-electron chi connectivity index (χ2n) is 4.53. The van der Waals surface area contributed by atoms with E-state index in [-0.39, 0.29) is 18.0 Å². The number of amides is 3. The van der Waals surface area contributed by atoms with Crippen molar-refractivity contribution in [2.75, 3.05) is 11.4 Å². The van der Waals surface area contributed by atoms with Gasteiger partial charge in [-0.25, -0.2) is 9.69 Å². The Bertz CT molecular complexity index is 470. The molecule has 3 amide bonds. The van der Waals surface area contributed by atoms with Crippen LogP contribution in [-0.2, 0) is 4.79 Å². The third-order valence-electron chi connectivity index (χ3n) is 2.96. The van der Waals surface area contributed by atoms with E-state index in [1.807, 2.05) is 13.8 Å². The van der Waals surface area contributed by atoms with Crippen LogP contribution in [-0.4, -0.2) is 29.4 Å². The summed E-state index contributed by atoms with van der Waals surface area (Å²) in [4.78, 5) is 27.1. The van der Waals surface area contributed by atoms with Gasteiger partial charge in [0.15, 0.2) is 0 Å². The monoisotopic (exact) mass is 266 g/mol. The van der Waals surface area contributed by atoms with Gasteiger partial charge >= 0.3 is 6.03 Å². The quantitative estimate of drug-likeness (QED) is 0.826. The van der Waals surface area contributed by atoms with Crippen LogP contribution in [0.5, 0.6) is 0 Å². The normalized spacial score (nSPS) is 16.7. The van der Waals surface area contributed by atoms with Gasteiger partial charge in [-0.15, -0.1) is 0 Å². The lowest BCUT2D eigenvalue weighted by molar-refractivity contribution is -0.119. The number of anilines is 1. The number of nitrogens with zero attached hydrogens (tertiary/aromatic N) is 2. The minimum atomic E-state index is -0.261. The molecule has 1 aliphatic heterocycles. The smallest absolute Gasteiger partial charge is 0.321 e. The molecule has 0 atom stereocenters. The van der Waals surface area contributed by atoms with Crippen molar-refractivity contribution in [3.05, 3.63) is 29.3 Å². The van der Waals surface area contributed by atoms with E-state index in [4.69, 9.17) is 11.6 Å². The lowest BCUT2D eigenvalue weighted by Gasteiger charge is -2.36. The predicted molar refractivity (Wildman–Crippen MR) is 70.8 cm³/mol. The van der Waals surface area contributed by atoms with Crippen molar-refractivity contribution >= 4 is 29.2 Å². The van der Waals surface area contributed by atoms with E-state index in [1.165, 1.54) is 4.90 Å². The largest absolute Gasteiger partial charge is 0.331 e. The number of benzene rings is 1. The molecule has 1 aromatic carbocycles. The van der Waals surface area contributed by atoms with Gasteiger partial charge in [0.1, 0.15) is 0 Å². The summed E-state index contributed by atoms with van der Waals surface area (Å²) in [7, 11) is 0. The Labute approximate surface area is 111 Å². The highest BCUT2D eigenvalue weighted by atomic mass is 35.5. The fraction of sp³-hybridized carbons (Fsp3) is 0.385. The van der Waals surface area contributed by atoms with Crippen molar-refractivity contribution in [3.8, 4) is 0 Å². The molecule has 0 bridgehead atoms. The zero-order valence-electron chi connectivity index (χ0n) is 10.4. The van der Waals surface area contributed by atoms with Crippen LogP contribution < -0.4 is 4.90 Å². The average molecular weight is 267 g/mol. The molecule has 1 saturated heterocycles. The van der Waals surface area contributed by atoms with E-state index >= 15 is 0 Å². The maximum absolute atomic E-state index is 12.3. The van der Waals surface area contributed by atoms with Crippen molar-refractivity contribution in [3.63, 3.8) is 0 Å². The summed E-state index contributed by atoms with van der Waals surface area (Å²) in [6.45, 7) is 4.36. The molecular weight excluding hydrogens is 252 g/mol. The Morgan fingerprint density at radius 1 is 1.17 bits per heavy atom. The van der Waals surface area contributed by atoms with Gasteiger partial charge in [-0.1, -0.05) is 11.6 Å². The van der Waals surface area contributed by atoms with Crippen molar-refractivity contribution < 1.29 is 9.59 Å². The predicted octanol–water partition coefficient (Wildman–Crippen LogP) is 2.91. The van der Waals surface area contributed by atoms with Crippen LogP contribution in [0.4, 0.5) is 10.5 Å². The summed E-state index contributed by atoms with van der Waals surface area (Å²) in [5.41, 5.74) is 0.569. The van der Waals surface area contributed by atoms with Gasteiger partial charge in [0.05, 0.1) is 5.69 Å². The third kappa shape index (κ3) is 2.34. The summed E-state index contributed by atoms with van der Waals surface area (Å²) < 4.78 is 0. The Morgan fingerprint density at radius 2 is 1.78 bits per heavy atom.